The van der Waals surface area contributed by atoms with Crippen molar-refractivity contribution in [3.63, 3.8) is 0 Å². The Labute approximate surface area is 135 Å². The molecular weight excluding hydrogens is 301 g/mol. The number of nitrogens with one attached hydrogen (secondary N) is 1. The predicted molar refractivity (Wildman–Crippen MR) is 87.0 cm³/mol. The highest BCUT2D eigenvalue weighted by atomic mass is 35.5. The van der Waals surface area contributed by atoms with Crippen LogP contribution in [0.3, 0.4) is 0 Å². The standard InChI is InChI=1S/C18H19ClFNO/c19-16-9-15(14-7-4-8-21-11-14)10-17(20)18(16)22-12-13-5-2-1-3-6-13/h1-3,5-6,9-10,14,21H,4,7-8,11-12H2. The van der Waals surface area contributed by atoms with Crippen molar-refractivity contribution in [3.05, 3.63) is 64.4 Å². The van der Waals surface area contributed by atoms with Gasteiger partial charge in [0, 0.05) is 6.54 Å². The Morgan fingerprint density at radius 2 is 2.05 bits per heavy atom. The minimum atomic E-state index is -0.385. The summed E-state index contributed by atoms with van der Waals surface area (Å²) < 4.78 is 19.9. The molecule has 1 aliphatic rings. The van der Waals surface area contributed by atoms with Crippen molar-refractivity contribution in [2.24, 2.45) is 0 Å². The van der Waals surface area contributed by atoms with Crippen LogP contribution >= 0.6 is 11.6 Å². The first kappa shape index (κ1) is 15.3. The largest absolute Gasteiger partial charge is 0.484 e. The molecule has 0 spiro atoms. The fourth-order valence-electron chi connectivity index (χ4n) is 2.82. The van der Waals surface area contributed by atoms with Crippen LogP contribution in [0.4, 0.5) is 4.39 Å². The fraction of sp³-hybridized carbons (Fsp3) is 0.333. The lowest BCUT2D eigenvalue weighted by Crippen LogP contribution is -2.28. The summed E-state index contributed by atoms with van der Waals surface area (Å²) >= 11 is 6.23. The smallest absolute Gasteiger partial charge is 0.174 e. The van der Waals surface area contributed by atoms with Crippen molar-refractivity contribution in [1.29, 1.82) is 0 Å². The van der Waals surface area contributed by atoms with E-state index in [0.717, 1.165) is 37.1 Å². The van der Waals surface area contributed by atoms with Gasteiger partial charge >= 0.3 is 0 Å². The van der Waals surface area contributed by atoms with E-state index in [1.165, 1.54) is 0 Å². The lowest BCUT2D eigenvalue weighted by atomic mass is 9.91. The Balaban J connectivity index is 1.74. The Kier molecular flexibility index (Phi) is 4.96. The number of ether oxygens (including phenoxy) is 1. The first-order valence-electron chi connectivity index (χ1n) is 7.60. The van der Waals surface area contributed by atoms with Crippen LogP contribution in [0.1, 0.15) is 29.9 Å². The molecule has 1 fully saturated rings. The number of benzene rings is 2. The van der Waals surface area contributed by atoms with E-state index < -0.39 is 0 Å². The first-order valence-corrected chi connectivity index (χ1v) is 7.98. The third-order valence-corrected chi connectivity index (χ3v) is 4.30. The van der Waals surface area contributed by atoms with Crippen molar-refractivity contribution in [2.75, 3.05) is 13.1 Å². The van der Waals surface area contributed by atoms with E-state index in [9.17, 15) is 4.39 Å². The molecule has 0 aliphatic carbocycles. The zero-order chi connectivity index (χ0) is 15.4. The van der Waals surface area contributed by atoms with Gasteiger partial charge in [0.05, 0.1) is 5.02 Å². The number of piperidine rings is 1. The summed E-state index contributed by atoms with van der Waals surface area (Å²) in [5.41, 5.74) is 1.93. The Hall–Kier alpha value is -1.58. The fourth-order valence-corrected chi connectivity index (χ4v) is 3.09. The summed E-state index contributed by atoms with van der Waals surface area (Å²) in [6.45, 7) is 2.22. The molecule has 1 unspecified atom stereocenters. The highest BCUT2D eigenvalue weighted by Gasteiger charge is 2.19. The number of hydrogen-bond acceptors (Lipinski definition) is 2. The number of rotatable bonds is 4. The second-order valence-corrected chi connectivity index (χ2v) is 6.04. The molecule has 1 saturated heterocycles. The maximum absolute atomic E-state index is 14.3. The third kappa shape index (κ3) is 3.60. The molecule has 116 valence electrons. The van der Waals surface area contributed by atoms with Gasteiger partial charge in [-0.25, -0.2) is 4.39 Å². The molecule has 0 aromatic heterocycles. The molecule has 2 nitrogen and oxygen atoms in total. The van der Waals surface area contributed by atoms with E-state index in [2.05, 4.69) is 5.32 Å². The first-order chi connectivity index (χ1) is 10.7. The molecule has 1 aliphatic heterocycles. The molecule has 1 atom stereocenters. The second kappa shape index (κ2) is 7.12. The molecule has 3 rings (SSSR count). The molecule has 0 bridgehead atoms. The molecule has 1 heterocycles. The van der Waals surface area contributed by atoms with E-state index in [1.807, 2.05) is 36.4 Å². The van der Waals surface area contributed by atoms with E-state index in [-0.39, 0.29) is 11.6 Å². The molecule has 22 heavy (non-hydrogen) atoms. The monoisotopic (exact) mass is 319 g/mol. The van der Waals surface area contributed by atoms with Gasteiger partial charge in [0.25, 0.3) is 0 Å². The minimum Gasteiger partial charge on any atom is -0.484 e. The van der Waals surface area contributed by atoms with Crippen molar-refractivity contribution < 1.29 is 9.13 Å². The molecular formula is C18H19ClFNO. The summed E-state index contributed by atoms with van der Waals surface area (Å²) in [5.74, 6) is 0.0750. The van der Waals surface area contributed by atoms with Gasteiger partial charge in [-0.2, -0.15) is 0 Å². The van der Waals surface area contributed by atoms with Crippen molar-refractivity contribution in [1.82, 2.24) is 5.32 Å². The SMILES string of the molecule is Fc1cc(C2CCCNC2)cc(Cl)c1OCc1ccccc1. The zero-order valence-electron chi connectivity index (χ0n) is 12.3. The average molecular weight is 320 g/mol. The highest BCUT2D eigenvalue weighted by molar-refractivity contribution is 6.32. The molecule has 2 aromatic rings. The minimum absolute atomic E-state index is 0.137. The molecule has 4 heteroatoms. The van der Waals surface area contributed by atoms with Crippen LogP contribution in [0.25, 0.3) is 0 Å². The summed E-state index contributed by atoms with van der Waals surface area (Å²) in [6.07, 6.45) is 2.17. The quantitative estimate of drug-likeness (QED) is 0.894. The van der Waals surface area contributed by atoms with Crippen molar-refractivity contribution >= 4 is 11.6 Å². The Morgan fingerprint density at radius 1 is 1.23 bits per heavy atom. The topological polar surface area (TPSA) is 21.3 Å². The van der Waals surface area contributed by atoms with Crippen LogP contribution in [0, 0.1) is 5.82 Å². The van der Waals surface area contributed by atoms with Gasteiger partial charge in [0.15, 0.2) is 11.6 Å². The summed E-state index contributed by atoms with van der Waals surface area (Å²) in [4.78, 5) is 0. The van der Waals surface area contributed by atoms with E-state index in [1.54, 1.807) is 6.07 Å². The van der Waals surface area contributed by atoms with Gasteiger partial charge in [-0.3, -0.25) is 0 Å². The Morgan fingerprint density at radius 3 is 2.73 bits per heavy atom. The average Bonchev–Trinajstić information content (AvgIpc) is 2.56. The summed E-state index contributed by atoms with van der Waals surface area (Å²) in [7, 11) is 0. The number of hydrogen-bond donors (Lipinski definition) is 1. The number of halogens is 2. The van der Waals surface area contributed by atoms with E-state index in [0.29, 0.717) is 17.5 Å². The maximum atomic E-state index is 14.3. The van der Waals surface area contributed by atoms with E-state index in [4.69, 9.17) is 16.3 Å². The highest BCUT2D eigenvalue weighted by Crippen LogP contribution is 2.34. The Bertz CT molecular complexity index is 603. The van der Waals surface area contributed by atoms with Gasteiger partial charge in [-0.15, -0.1) is 0 Å². The second-order valence-electron chi connectivity index (χ2n) is 5.63. The van der Waals surface area contributed by atoms with Gasteiger partial charge in [0.1, 0.15) is 6.61 Å². The zero-order valence-corrected chi connectivity index (χ0v) is 13.1. The summed E-state index contributed by atoms with van der Waals surface area (Å²) in [6, 6.07) is 13.1. The molecule has 0 radical (unpaired) electrons. The van der Waals surface area contributed by atoms with Gasteiger partial charge in [-0.05, 0) is 48.6 Å². The molecule has 2 aromatic carbocycles. The van der Waals surface area contributed by atoms with Crippen LogP contribution < -0.4 is 10.1 Å². The van der Waals surface area contributed by atoms with Crippen LogP contribution in [0.15, 0.2) is 42.5 Å². The van der Waals surface area contributed by atoms with E-state index >= 15 is 0 Å². The van der Waals surface area contributed by atoms with Crippen molar-refractivity contribution in [3.8, 4) is 5.75 Å². The maximum Gasteiger partial charge on any atom is 0.174 e. The predicted octanol–water partition coefficient (Wildman–Crippen LogP) is 4.53. The van der Waals surface area contributed by atoms with Gasteiger partial charge in [-0.1, -0.05) is 41.9 Å². The summed E-state index contributed by atoms with van der Waals surface area (Å²) in [5, 5.41) is 3.68. The molecule has 0 amide bonds. The van der Waals surface area contributed by atoms with Gasteiger partial charge in [0.2, 0.25) is 0 Å². The van der Waals surface area contributed by atoms with Crippen molar-refractivity contribution in [2.45, 2.75) is 25.4 Å². The normalized spacial score (nSPS) is 18.2. The van der Waals surface area contributed by atoms with Crippen LogP contribution in [0.5, 0.6) is 5.75 Å². The van der Waals surface area contributed by atoms with Crippen LogP contribution in [-0.2, 0) is 6.61 Å². The van der Waals surface area contributed by atoms with Gasteiger partial charge < -0.3 is 10.1 Å². The molecule has 0 saturated carbocycles. The molecule has 1 N–H and O–H groups in total. The third-order valence-electron chi connectivity index (χ3n) is 4.01. The lowest BCUT2D eigenvalue weighted by Gasteiger charge is -2.23. The van der Waals surface area contributed by atoms with Crippen LogP contribution in [0.2, 0.25) is 5.02 Å². The van der Waals surface area contributed by atoms with Crippen LogP contribution in [-0.4, -0.2) is 13.1 Å². The lowest BCUT2D eigenvalue weighted by molar-refractivity contribution is 0.290.